The van der Waals surface area contributed by atoms with Gasteiger partial charge in [0.2, 0.25) is 0 Å². The number of methoxy groups -OCH3 is 1. The number of para-hydroxylation sites is 1. The molecule has 0 aliphatic carbocycles. The zero-order valence-electron chi connectivity index (χ0n) is 17.1. The zero-order chi connectivity index (χ0) is 22.3. The van der Waals surface area contributed by atoms with Gasteiger partial charge >= 0.3 is 5.97 Å². The summed E-state index contributed by atoms with van der Waals surface area (Å²) in [7, 11) is -2.36. The first-order valence-electron chi connectivity index (χ1n) is 9.38. The van der Waals surface area contributed by atoms with Crippen molar-refractivity contribution in [3.8, 4) is 11.8 Å². The number of hydrogen-bond acceptors (Lipinski definition) is 5. The van der Waals surface area contributed by atoms with Crippen molar-refractivity contribution in [3.05, 3.63) is 89.5 Å². The van der Waals surface area contributed by atoms with E-state index >= 15 is 0 Å². The van der Waals surface area contributed by atoms with E-state index in [4.69, 9.17) is 4.74 Å². The van der Waals surface area contributed by atoms with Crippen molar-refractivity contribution in [2.75, 3.05) is 17.6 Å². The molecule has 0 fully saturated rings. The molecule has 0 heterocycles. The lowest BCUT2D eigenvalue weighted by Crippen LogP contribution is -2.13. The molecule has 0 saturated carbocycles. The number of anilines is 1. The third-order valence-corrected chi connectivity index (χ3v) is 6.66. The number of carbonyl (C=O) groups excluding carboxylic acids is 1. The average Bonchev–Trinajstić information content (AvgIpc) is 2.77. The lowest BCUT2D eigenvalue weighted by molar-refractivity contribution is 0.0600. The molecule has 0 aromatic heterocycles. The molecule has 3 aromatic carbocycles. The van der Waals surface area contributed by atoms with Crippen molar-refractivity contribution in [3.63, 3.8) is 0 Å². The Hall–Kier alpha value is -3.21. The van der Waals surface area contributed by atoms with Crippen LogP contribution in [0.2, 0.25) is 0 Å². The summed E-state index contributed by atoms with van der Waals surface area (Å²) in [6.45, 7) is 1.90. The highest BCUT2D eigenvalue weighted by Crippen LogP contribution is 2.28. The van der Waals surface area contributed by atoms with E-state index in [-0.39, 0.29) is 4.90 Å². The maximum Gasteiger partial charge on any atom is 0.339 e. The third-order valence-electron chi connectivity index (χ3n) is 4.32. The SMILES string of the molecule is COC(=O)c1ccccc1C#CCSc1ccccc1NS(=O)(=O)c1ccc(C)cc1. The third kappa shape index (κ3) is 5.91. The largest absolute Gasteiger partial charge is 0.465 e. The first kappa shape index (κ1) is 22.5. The van der Waals surface area contributed by atoms with E-state index in [0.29, 0.717) is 22.6 Å². The van der Waals surface area contributed by atoms with Gasteiger partial charge in [-0.3, -0.25) is 4.72 Å². The predicted octanol–water partition coefficient (Wildman–Crippen LogP) is 4.73. The van der Waals surface area contributed by atoms with Crippen molar-refractivity contribution in [2.24, 2.45) is 0 Å². The molecule has 0 spiro atoms. The Balaban J connectivity index is 1.74. The van der Waals surface area contributed by atoms with E-state index in [9.17, 15) is 13.2 Å². The second-order valence-corrected chi connectivity index (χ2v) is 9.24. The number of thioether (sulfide) groups is 1. The number of carbonyl (C=O) groups is 1. The topological polar surface area (TPSA) is 72.5 Å². The van der Waals surface area contributed by atoms with Crippen LogP contribution in [0.5, 0.6) is 0 Å². The van der Waals surface area contributed by atoms with Gasteiger partial charge in [0, 0.05) is 10.5 Å². The van der Waals surface area contributed by atoms with Gasteiger partial charge in [-0.25, -0.2) is 13.2 Å². The van der Waals surface area contributed by atoms with Gasteiger partial charge in [0.1, 0.15) is 0 Å². The molecule has 0 aliphatic heterocycles. The Labute approximate surface area is 186 Å². The summed E-state index contributed by atoms with van der Waals surface area (Å²) in [6, 6.07) is 20.8. The summed E-state index contributed by atoms with van der Waals surface area (Å²) in [5, 5.41) is 0. The Morgan fingerprint density at radius 2 is 1.68 bits per heavy atom. The van der Waals surface area contributed by atoms with Crippen LogP contribution < -0.4 is 4.72 Å². The average molecular weight is 452 g/mol. The minimum atomic E-state index is -3.69. The molecule has 0 unspecified atom stereocenters. The van der Waals surface area contributed by atoms with Crippen LogP contribution in [0.15, 0.2) is 82.6 Å². The van der Waals surface area contributed by atoms with Crippen LogP contribution >= 0.6 is 11.8 Å². The highest BCUT2D eigenvalue weighted by molar-refractivity contribution is 7.99. The Morgan fingerprint density at radius 1 is 1.00 bits per heavy atom. The number of hydrogen-bond donors (Lipinski definition) is 1. The fourth-order valence-corrected chi connectivity index (χ4v) is 4.62. The number of esters is 1. The molecule has 5 nitrogen and oxygen atoms in total. The Bertz CT molecular complexity index is 1240. The van der Waals surface area contributed by atoms with Crippen LogP contribution in [0.25, 0.3) is 0 Å². The van der Waals surface area contributed by atoms with E-state index in [0.717, 1.165) is 10.5 Å². The van der Waals surface area contributed by atoms with E-state index < -0.39 is 16.0 Å². The molecule has 0 radical (unpaired) electrons. The molecule has 3 aromatic rings. The molecule has 31 heavy (non-hydrogen) atoms. The number of rotatable bonds is 6. The molecule has 0 aliphatic rings. The maximum atomic E-state index is 12.7. The lowest BCUT2D eigenvalue weighted by Gasteiger charge is -2.11. The summed E-state index contributed by atoms with van der Waals surface area (Å²) < 4.78 is 32.9. The maximum absolute atomic E-state index is 12.7. The molecule has 0 amide bonds. The monoisotopic (exact) mass is 451 g/mol. The number of benzene rings is 3. The van der Waals surface area contributed by atoms with Crippen LogP contribution in [-0.2, 0) is 14.8 Å². The fraction of sp³-hybridized carbons (Fsp3) is 0.125. The van der Waals surface area contributed by atoms with Crippen LogP contribution in [0.1, 0.15) is 21.5 Å². The summed E-state index contributed by atoms with van der Waals surface area (Å²) in [4.78, 5) is 12.8. The molecule has 0 saturated heterocycles. The number of ether oxygens (including phenoxy) is 1. The van der Waals surface area contributed by atoms with Crippen molar-refractivity contribution in [2.45, 2.75) is 16.7 Å². The van der Waals surface area contributed by atoms with E-state index in [1.807, 2.05) is 19.1 Å². The van der Waals surface area contributed by atoms with Crippen LogP contribution in [0.3, 0.4) is 0 Å². The fourth-order valence-electron chi connectivity index (χ4n) is 2.72. The predicted molar refractivity (Wildman–Crippen MR) is 124 cm³/mol. The quantitative estimate of drug-likeness (QED) is 0.333. The first-order valence-corrected chi connectivity index (χ1v) is 11.8. The molecule has 0 atom stereocenters. The second kappa shape index (κ2) is 10.2. The zero-order valence-corrected chi connectivity index (χ0v) is 18.7. The highest BCUT2D eigenvalue weighted by atomic mass is 32.2. The van der Waals surface area contributed by atoms with Crippen molar-refractivity contribution in [1.82, 2.24) is 0 Å². The van der Waals surface area contributed by atoms with Crippen molar-refractivity contribution < 1.29 is 17.9 Å². The van der Waals surface area contributed by atoms with Gasteiger partial charge < -0.3 is 4.74 Å². The first-order chi connectivity index (χ1) is 14.9. The number of sulfonamides is 1. The number of nitrogens with one attached hydrogen (secondary N) is 1. The summed E-state index contributed by atoms with van der Waals surface area (Å²) in [6.07, 6.45) is 0. The van der Waals surface area contributed by atoms with Crippen LogP contribution in [-0.4, -0.2) is 27.2 Å². The smallest absolute Gasteiger partial charge is 0.339 e. The van der Waals surface area contributed by atoms with Gasteiger partial charge in [0.25, 0.3) is 10.0 Å². The van der Waals surface area contributed by atoms with Gasteiger partial charge in [0.15, 0.2) is 0 Å². The van der Waals surface area contributed by atoms with Crippen LogP contribution in [0, 0.1) is 18.8 Å². The van der Waals surface area contributed by atoms with Gasteiger partial charge in [0.05, 0.1) is 29.0 Å². The van der Waals surface area contributed by atoms with E-state index in [2.05, 4.69) is 16.6 Å². The molecule has 158 valence electrons. The van der Waals surface area contributed by atoms with Crippen molar-refractivity contribution >= 4 is 33.4 Å². The van der Waals surface area contributed by atoms with Gasteiger partial charge in [-0.15, -0.1) is 11.8 Å². The second-order valence-electron chi connectivity index (χ2n) is 6.54. The Morgan fingerprint density at radius 3 is 2.42 bits per heavy atom. The van der Waals surface area contributed by atoms with Gasteiger partial charge in [-0.2, -0.15) is 0 Å². The summed E-state index contributed by atoms with van der Waals surface area (Å²) in [5.41, 5.74) is 2.48. The summed E-state index contributed by atoms with van der Waals surface area (Å²) in [5.74, 6) is 5.99. The molecule has 1 N–H and O–H groups in total. The van der Waals surface area contributed by atoms with Gasteiger partial charge in [-0.1, -0.05) is 53.8 Å². The molecule has 3 rings (SSSR count). The van der Waals surface area contributed by atoms with E-state index in [1.54, 1.807) is 60.7 Å². The minimum absolute atomic E-state index is 0.206. The standard InChI is InChI=1S/C24H21NO4S2/c1-18-13-15-20(16-14-18)31(27,28)25-22-11-5-6-12-23(22)30-17-7-9-19-8-3-4-10-21(19)24(26)29-2/h3-6,8,10-16,25H,17H2,1-2H3. The number of aryl methyl sites for hydroxylation is 1. The van der Waals surface area contributed by atoms with Gasteiger partial charge in [-0.05, 0) is 43.3 Å². The van der Waals surface area contributed by atoms with Crippen molar-refractivity contribution in [1.29, 1.82) is 0 Å². The molecular weight excluding hydrogens is 430 g/mol. The molecule has 0 bridgehead atoms. The molecular formula is C24H21NO4S2. The lowest BCUT2D eigenvalue weighted by atomic mass is 10.1. The minimum Gasteiger partial charge on any atom is -0.465 e. The van der Waals surface area contributed by atoms with E-state index in [1.165, 1.54) is 18.9 Å². The normalized spacial score (nSPS) is 10.6. The Kier molecular flexibility index (Phi) is 7.40. The summed E-state index contributed by atoms with van der Waals surface area (Å²) >= 11 is 1.41. The highest BCUT2D eigenvalue weighted by Gasteiger charge is 2.15. The molecule has 7 heteroatoms. The van der Waals surface area contributed by atoms with Crippen LogP contribution in [0.4, 0.5) is 5.69 Å².